The Labute approximate surface area is 153 Å². The van der Waals surface area contributed by atoms with Crippen LogP contribution in [0, 0.1) is 0 Å². The van der Waals surface area contributed by atoms with Gasteiger partial charge in [0.05, 0.1) is 11.0 Å². The Kier molecular flexibility index (Phi) is 5.13. The number of pyridine rings is 2. The van der Waals surface area contributed by atoms with Crippen molar-refractivity contribution < 1.29 is 2.85 Å². The molecule has 0 saturated carbocycles. The SMILES string of the molecule is [Be+2].[H-].[H-].c1ccc2c(c1)ccc1cccnc12.c1ccc2ncccc2c1. The van der Waals surface area contributed by atoms with E-state index < -0.39 is 0 Å². The van der Waals surface area contributed by atoms with Gasteiger partial charge in [-0.05, 0) is 23.6 Å². The minimum absolute atomic E-state index is 0. The summed E-state index contributed by atoms with van der Waals surface area (Å²) >= 11 is 0. The Morgan fingerprint density at radius 2 is 1.12 bits per heavy atom. The number of aromatic nitrogens is 2. The molecule has 0 N–H and O–H groups in total. The van der Waals surface area contributed by atoms with Crippen LogP contribution in [-0.4, -0.2) is 20.1 Å². The standard InChI is InChI=1S/C13H9N.C9H7N.Be.2H/c1-2-6-12-10(4-1)7-8-11-5-3-9-14-13(11)12;1-2-6-9-8(4-1)5-3-7-10-9;;;/h1-9H;1-7H;;;/q;;+2;2*-1. The van der Waals surface area contributed by atoms with Crippen LogP contribution in [0.2, 0.25) is 0 Å². The van der Waals surface area contributed by atoms with Gasteiger partial charge in [-0.3, -0.25) is 9.97 Å². The molecule has 0 fully saturated rings. The topological polar surface area (TPSA) is 25.8 Å². The van der Waals surface area contributed by atoms with Gasteiger partial charge in [0.1, 0.15) is 0 Å². The van der Waals surface area contributed by atoms with Crippen molar-refractivity contribution >= 4 is 42.7 Å². The molecule has 2 aromatic heterocycles. The van der Waals surface area contributed by atoms with Crippen molar-refractivity contribution in [3.63, 3.8) is 0 Å². The third kappa shape index (κ3) is 3.55. The van der Waals surface area contributed by atoms with Gasteiger partial charge in [0.25, 0.3) is 0 Å². The quantitative estimate of drug-likeness (QED) is 0.279. The number of nitrogens with zero attached hydrogens (tertiary/aromatic N) is 2. The summed E-state index contributed by atoms with van der Waals surface area (Å²) in [5, 5.41) is 4.88. The molecule has 0 spiro atoms. The van der Waals surface area contributed by atoms with Gasteiger partial charge in [0.2, 0.25) is 0 Å². The van der Waals surface area contributed by atoms with Crippen LogP contribution >= 0.6 is 0 Å². The summed E-state index contributed by atoms with van der Waals surface area (Å²) in [5.74, 6) is 0. The van der Waals surface area contributed by atoms with E-state index in [0.29, 0.717) is 0 Å². The van der Waals surface area contributed by atoms with Crippen molar-refractivity contribution in [2.45, 2.75) is 0 Å². The molecule has 0 amide bonds. The van der Waals surface area contributed by atoms with Gasteiger partial charge in [-0.1, -0.05) is 66.7 Å². The Morgan fingerprint density at radius 3 is 1.96 bits per heavy atom. The molecule has 5 rings (SSSR count). The summed E-state index contributed by atoms with van der Waals surface area (Å²) in [6, 6.07) is 28.7. The molecule has 2 heterocycles. The number of hydrogen-bond acceptors (Lipinski definition) is 2. The van der Waals surface area contributed by atoms with Crippen molar-refractivity contribution in [3.8, 4) is 0 Å². The summed E-state index contributed by atoms with van der Waals surface area (Å²) in [7, 11) is 0. The van der Waals surface area contributed by atoms with Crippen LogP contribution in [0.25, 0.3) is 32.6 Å². The van der Waals surface area contributed by atoms with Crippen LogP contribution < -0.4 is 0 Å². The average molecular weight is 319 g/mol. The van der Waals surface area contributed by atoms with Crippen LogP contribution in [0.5, 0.6) is 0 Å². The van der Waals surface area contributed by atoms with E-state index in [1.165, 1.54) is 21.5 Å². The average Bonchev–Trinajstić information content (AvgIpc) is 2.68. The van der Waals surface area contributed by atoms with Crippen LogP contribution in [-0.2, 0) is 0 Å². The van der Waals surface area contributed by atoms with Gasteiger partial charge in [0.15, 0.2) is 0 Å². The zero-order valence-corrected chi connectivity index (χ0v) is 13.8. The maximum absolute atomic E-state index is 4.41. The Hall–Kier alpha value is -3.09. The van der Waals surface area contributed by atoms with E-state index in [1.807, 2.05) is 42.7 Å². The minimum atomic E-state index is 0. The third-order valence-corrected chi connectivity index (χ3v) is 4.01. The normalized spacial score (nSPS) is 10.1. The van der Waals surface area contributed by atoms with Gasteiger partial charge < -0.3 is 2.85 Å². The summed E-state index contributed by atoms with van der Waals surface area (Å²) in [6.45, 7) is 0. The first-order valence-electron chi connectivity index (χ1n) is 7.94. The van der Waals surface area contributed by atoms with Gasteiger partial charge >= 0.3 is 10.1 Å². The van der Waals surface area contributed by atoms with Crippen molar-refractivity contribution in [3.05, 3.63) is 97.3 Å². The molecule has 3 heteroatoms. The van der Waals surface area contributed by atoms with Crippen molar-refractivity contribution in [2.75, 3.05) is 0 Å². The molecule has 0 atom stereocenters. The molecule has 0 saturated heterocycles. The summed E-state index contributed by atoms with van der Waals surface area (Å²) in [5.41, 5.74) is 2.15. The minimum Gasteiger partial charge on any atom is -1.00 e. The Balaban J connectivity index is 0.000000254. The number of rotatable bonds is 0. The molecular formula is C22H18BeN2. The molecule has 2 nitrogen and oxygen atoms in total. The second kappa shape index (κ2) is 7.65. The van der Waals surface area contributed by atoms with Crippen LogP contribution in [0.15, 0.2) is 97.3 Å². The van der Waals surface area contributed by atoms with E-state index in [9.17, 15) is 0 Å². The predicted molar refractivity (Wildman–Crippen MR) is 109 cm³/mol. The maximum Gasteiger partial charge on any atom is 2.00 e. The maximum atomic E-state index is 4.41. The van der Waals surface area contributed by atoms with E-state index in [4.69, 9.17) is 0 Å². The van der Waals surface area contributed by atoms with E-state index in [0.717, 1.165) is 11.0 Å². The molecule has 0 aliphatic rings. The van der Waals surface area contributed by atoms with E-state index in [1.54, 1.807) is 0 Å². The number of para-hydroxylation sites is 1. The number of hydrogen-bond donors (Lipinski definition) is 0. The van der Waals surface area contributed by atoms with E-state index >= 15 is 0 Å². The first-order valence-corrected chi connectivity index (χ1v) is 7.94. The molecule has 0 aliphatic carbocycles. The number of fused-ring (bicyclic) bond motifs is 4. The fraction of sp³-hybridized carbons (Fsp3) is 0. The first kappa shape index (κ1) is 16.8. The fourth-order valence-electron chi connectivity index (χ4n) is 2.83. The molecule has 0 bridgehead atoms. The van der Waals surface area contributed by atoms with Gasteiger partial charge in [-0.25, -0.2) is 0 Å². The van der Waals surface area contributed by atoms with Crippen molar-refractivity contribution in [2.24, 2.45) is 0 Å². The molecular weight excluding hydrogens is 301 g/mol. The third-order valence-electron chi connectivity index (χ3n) is 4.01. The van der Waals surface area contributed by atoms with Gasteiger partial charge in [0, 0.05) is 28.6 Å². The molecule has 3 aromatic carbocycles. The van der Waals surface area contributed by atoms with Gasteiger partial charge in [-0.2, -0.15) is 0 Å². The second-order valence-electron chi connectivity index (χ2n) is 5.56. The second-order valence-corrected chi connectivity index (χ2v) is 5.56. The van der Waals surface area contributed by atoms with Crippen LogP contribution in [0.4, 0.5) is 0 Å². The molecule has 0 aliphatic heterocycles. The van der Waals surface area contributed by atoms with E-state index in [2.05, 4.69) is 64.6 Å². The Bertz CT molecular complexity index is 1010. The molecule has 118 valence electrons. The predicted octanol–water partition coefficient (Wildman–Crippen LogP) is 5.47. The number of benzene rings is 3. The molecule has 25 heavy (non-hydrogen) atoms. The van der Waals surface area contributed by atoms with Crippen LogP contribution in [0.3, 0.4) is 0 Å². The zero-order valence-electron chi connectivity index (χ0n) is 15.8. The monoisotopic (exact) mass is 319 g/mol. The molecule has 0 unspecified atom stereocenters. The first-order chi connectivity index (χ1) is 11.9. The summed E-state index contributed by atoms with van der Waals surface area (Å²) < 4.78 is 0. The van der Waals surface area contributed by atoms with E-state index in [-0.39, 0.29) is 13.0 Å². The smallest absolute Gasteiger partial charge is 1.00 e. The summed E-state index contributed by atoms with van der Waals surface area (Å²) in [4.78, 5) is 8.59. The fourth-order valence-corrected chi connectivity index (χ4v) is 2.83. The summed E-state index contributed by atoms with van der Waals surface area (Å²) in [6.07, 6.45) is 3.65. The van der Waals surface area contributed by atoms with Gasteiger partial charge in [-0.15, -0.1) is 0 Å². The Morgan fingerprint density at radius 1 is 0.520 bits per heavy atom. The van der Waals surface area contributed by atoms with Crippen LogP contribution in [0.1, 0.15) is 2.85 Å². The largest absolute Gasteiger partial charge is 2.00 e. The van der Waals surface area contributed by atoms with Crippen molar-refractivity contribution in [1.82, 2.24) is 9.97 Å². The van der Waals surface area contributed by atoms with Crippen molar-refractivity contribution in [1.29, 1.82) is 0 Å². The molecule has 5 aromatic rings. The molecule has 0 radical (unpaired) electrons. The zero-order chi connectivity index (χ0) is 16.2.